The highest BCUT2D eigenvalue weighted by atomic mass is 16.5. The molecule has 0 radical (unpaired) electrons. The molecule has 0 atom stereocenters. The molecule has 0 unspecified atom stereocenters. The van der Waals surface area contributed by atoms with Crippen molar-refractivity contribution in [3.8, 4) is 11.6 Å². The number of aromatic amines is 1. The smallest absolute Gasteiger partial charge is 0.341 e. The summed E-state index contributed by atoms with van der Waals surface area (Å²) in [5.74, 6) is -1.39. The largest absolute Gasteiger partial charge is 0.492 e. The number of aromatic hydroxyl groups is 1. The van der Waals surface area contributed by atoms with Crippen molar-refractivity contribution in [3.05, 3.63) is 11.8 Å². The molecule has 12 heavy (non-hydrogen) atoms. The van der Waals surface area contributed by atoms with Gasteiger partial charge in [-0.25, -0.2) is 4.79 Å². The van der Waals surface area contributed by atoms with Gasteiger partial charge in [0, 0.05) is 6.20 Å². The quantitative estimate of drug-likeness (QED) is 0.628. The van der Waals surface area contributed by atoms with Crippen LogP contribution in [0.4, 0.5) is 0 Å². The molecule has 1 rings (SSSR count). The lowest BCUT2D eigenvalue weighted by Gasteiger charge is -2.00. The second-order valence-corrected chi connectivity index (χ2v) is 2.12. The summed E-state index contributed by atoms with van der Waals surface area (Å²) in [7, 11) is 0. The molecule has 0 saturated heterocycles. The third kappa shape index (κ3) is 1.34. The van der Waals surface area contributed by atoms with Gasteiger partial charge in [0.25, 0.3) is 0 Å². The normalized spacial score (nSPS) is 9.75. The van der Waals surface area contributed by atoms with Gasteiger partial charge in [0.15, 0.2) is 5.75 Å². The molecule has 1 aromatic heterocycles. The van der Waals surface area contributed by atoms with Crippen molar-refractivity contribution in [2.75, 3.05) is 6.61 Å². The van der Waals surface area contributed by atoms with Gasteiger partial charge in [0.1, 0.15) is 5.56 Å². The maximum absolute atomic E-state index is 10.5. The lowest BCUT2D eigenvalue weighted by molar-refractivity contribution is 0.0692. The Morgan fingerprint density at radius 1 is 1.75 bits per heavy atom. The van der Waals surface area contributed by atoms with Gasteiger partial charge < -0.3 is 19.9 Å². The fourth-order valence-corrected chi connectivity index (χ4v) is 0.848. The van der Waals surface area contributed by atoms with Crippen LogP contribution in [0.5, 0.6) is 11.6 Å². The number of ether oxygens (including phenoxy) is 1. The number of hydrogen-bond acceptors (Lipinski definition) is 3. The molecule has 0 saturated carbocycles. The maximum atomic E-state index is 10.5. The van der Waals surface area contributed by atoms with E-state index in [0.29, 0.717) is 6.61 Å². The van der Waals surface area contributed by atoms with Crippen LogP contribution < -0.4 is 4.74 Å². The van der Waals surface area contributed by atoms with Crippen molar-refractivity contribution < 1.29 is 19.7 Å². The topological polar surface area (TPSA) is 82.5 Å². The number of nitrogens with one attached hydrogen (secondary N) is 1. The van der Waals surface area contributed by atoms with Crippen LogP contribution in [0, 0.1) is 0 Å². The van der Waals surface area contributed by atoms with Crippen molar-refractivity contribution in [3.63, 3.8) is 0 Å². The Bertz CT molecular complexity index is 292. The zero-order valence-corrected chi connectivity index (χ0v) is 6.50. The van der Waals surface area contributed by atoms with E-state index in [2.05, 4.69) is 4.98 Å². The van der Waals surface area contributed by atoms with Crippen LogP contribution in [0.2, 0.25) is 0 Å². The summed E-state index contributed by atoms with van der Waals surface area (Å²) in [6.07, 6.45) is 1.18. The van der Waals surface area contributed by atoms with Crippen LogP contribution in [0.1, 0.15) is 17.3 Å². The van der Waals surface area contributed by atoms with Crippen molar-refractivity contribution in [1.29, 1.82) is 0 Å². The minimum Gasteiger partial charge on any atom is -0.492 e. The van der Waals surface area contributed by atoms with E-state index in [1.807, 2.05) is 0 Å². The second kappa shape index (κ2) is 3.17. The Kier molecular flexibility index (Phi) is 2.23. The third-order valence-corrected chi connectivity index (χ3v) is 1.33. The maximum Gasteiger partial charge on any atom is 0.341 e. The lowest BCUT2D eigenvalue weighted by atomic mass is 10.3. The molecule has 0 spiro atoms. The number of H-pyrrole nitrogens is 1. The molecule has 0 fully saturated rings. The van der Waals surface area contributed by atoms with Gasteiger partial charge >= 0.3 is 5.97 Å². The van der Waals surface area contributed by atoms with Crippen molar-refractivity contribution in [2.45, 2.75) is 6.92 Å². The minimum absolute atomic E-state index is 0.00926. The van der Waals surface area contributed by atoms with E-state index in [4.69, 9.17) is 14.9 Å². The summed E-state index contributed by atoms with van der Waals surface area (Å²) in [5.41, 5.74) is -0.0608. The van der Waals surface area contributed by atoms with Crippen molar-refractivity contribution in [2.24, 2.45) is 0 Å². The second-order valence-electron chi connectivity index (χ2n) is 2.12. The number of rotatable bonds is 3. The van der Waals surface area contributed by atoms with Crippen molar-refractivity contribution in [1.82, 2.24) is 4.98 Å². The summed E-state index contributed by atoms with van der Waals surface area (Å²) in [6, 6.07) is 0. The van der Waals surface area contributed by atoms with Gasteiger partial charge in [0.05, 0.1) is 6.61 Å². The fourth-order valence-electron chi connectivity index (χ4n) is 0.848. The zero-order chi connectivity index (χ0) is 9.14. The number of carboxylic acids is 1. The number of carbonyl (C=O) groups is 1. The summed E-state index contributed by atoms with van der Waals surface area (Å²) >= 11 is 0. The summed E-state index contributed by atoms with van der Waals surface area (Å²) in [5, 5.41) is 17.7. The van der Waals surface area contributed by atoms with Crippen LogP contribution in [-0.4, -0.2) is 27.8 Å². The van der Waals surface area contributed by atoms with E-state index >= 15 is 0 Å². The molecule has 3 N–H and O–H groups in total. The number of aromatic nitrogens is 1. The van der Waals surface area contributed by atoms with E-state index in [1.54, 1.807) is 6.92 Å². The van der Waals surface area contributed by atoms with Crippen LogP contribution in [0.3, 0.4) is 0 Å². The first-order valence-electron chi connectivity index (χ1n) is 3.43. The molecule has 5 nitrogen and oxygen atoms in total. The van der Waals surface area contributed by atoms with Crippen LogP contribution >= 0.6 is 0 Å². The Morgan fingerprint density at radius 2 is 2.42 bits per heavy atom. The van der Waals surface area contributed by atoms with Gasteiger partial charge in [-0.1, -0.05) is 0 Å². The summed E-state index contributed by atoms with van der Waals surface area (Å²) in [6.45, 7) is 2.02. The van der Waals surface area contributed by atoms with Gasteiger partial charge in [-0.3, -0.25) is 0 Å². The Hall–Kier alpha value is -1.65. The Balaban J connectivity index is 3.03. The molecule has 0 bridgehead atoms. The fraction of sp³-hybridized carbons (Fsp3) is 0.286. The molecule has 0 aromatic carbocycles. The highest BCUT2D eigenvalue weighted by Crippen LogP contribution is 2.28. The zero-order valence-electron chi connectivity index (χ0n) is 6.50. The van der Waals surface area contributed by atoms with E-state index in [-0.39, 0.29) is 17.2 Å². The van der Waals surface area contributed by atoms with Crippen molar-refractivity contribution >= 4 is 5.97 Å². The van der Waals surface area contributed by atoms with Gasteiger partial charge in [-0.15, -0.1) is 0 Å². The predicted molar refractivity (Wildman–Crippen MR) is 40.6 cm³/mol. The minimum atomic E-state index is -1.13. The molecule has 0 amide bonds. The Morgan fingerprint density at radius 3 is 2.92 bits per heavy atom. The molecule has 1 heterocycles. The van der Waals surface area contributed by atoms with Crippen LogP contribution in [0.15, 0.2) is 6.20 Å². The highest BCUT2D eigenvalue weighted by Gasteiger charge is 2.16. The molecule has 0 aliphatic heterocycles. The number of hydrogen-bond donors (Lipinski definition) is 3. The SMILES string of the molecule is CCOc1c(C(=O)O)c[nH]c1O. The first kappa shape index (κ1) is 8.45. The first-order valence-corrected chi connectivity index (χ1v) is 3.43. The molecular formula is C7H9NO4. The predicted octanol–water partition coefficient (Wildman–Crippen LogP) is 0.817. The molecule has 0 aliphatic carbocycles. The average molecular weight is 171 g/mol. The summed E-state index contributed by atoms with van der Waals surface area (Å²) < 4.78 is 4.91. The summed E-state index contributed by atoms with van der Waals surface area (Å²) in [4.78, 5) is 12.9. The molecule has 1 aromatic rings. The van der Waals surface area contributed by atoms with E-state index < -0.39 is 5.97 Å². The van der Waals surface area contributed by atoms with Crippen LogP contribution in [0.25, 0.3) is 0 Å². The van der Waals surface area contributed by atoms with Crippen LogP contribution in [-0.2, 0) is 0 Å². The Labute approximate surface area is 68.6 Å². The highest BCUT2D eigenvalue weighted by molar-refractivity contribution is 5.91. The monoisotopic (exact) mass is 171 g/mol. The van der Waals surface area contributed by atoms with E-state index in [9.17, 15) is 4.79 Å². The van der Waals surface area contributed by atoms with Gasteiger partial charge in [-0.2, -0.15) is 0 Å². The molecule has 0 aliphatic rings. The van der Waals surface area contributed by atoms with Gasteiger partial charge in [0.2, 0.25) is 5.88 Å². The van der Waals surface area contributed by atoms with E-state index in [0.717, 1.165) is 0 Å². The van der Waals surface area contributed by atoms with Gasteiger partial charge in [-0.05, 0) is 6.92 Å². The molecule has 66 valence electrons. The third-order valence-electron chi connectivity index (χ3n) is 1.33. The molecule has 5 heteroatoms. The van der Waals surface area contributed by atoms with E-state index in [1.165, 1.54) is 6.20 Å². The lowest BCUT2D eigenvalue weighted by Crippen LogP contribution is -1.99. The average Bonchev–Trinajstić information content (AvgIpc) is 2.34. The standard InChI is InChI=1S/C7H9NO4/c1-2-12-5-4(7(10)11)3-8-6(5)9/h3,8-9H,2H2,1H3,(H,10,11). The number of aromatic carboxylic acids is 1. The molecular weight excluding hydrogens is 162 g/mol. The number of carboxylic acid groups (broad SMARTS) is 1. The first-order chi connectivity index (χ1) is 5.66.